The lowest BCUT2D eigenvalue weighted by atomic mass is 10.1. The summed E-state index contributed by atoms with van der Waals surface area (Å²) in [6.45, 7) is 5.16. The maximum absolute atomic E-state index is 5.93. The van der Waals surface area contributed by atoms with Crippen LogP contribution in [0.1, 0.15) is 22.5 Å². The van der Waals surface area contributed by atoms with Gasteiger partial charge in [-0.05, 0) is 37.1 Å². The van der Waals surface area contributed by atoms with E-state index in [2.05, 4.69) is 16.3 Å². The Morgan fingerprint density at radius 2 is 1.81 bits per heavy atom. The van der Waals surface area contributed by atoms with Gasteiger partial charge in [-0.25, -0.2) is 4.98 Å². The number of aryl methyl sites for hydroxylation is 2. The van der Waals surface area contributed by atoms with Crippen LogP contribution in [0.25, 0.3) is 5.65 Å². The maximum Gasteiger partial charge on any atom is 0.180 e. The molecule has 0 unspecified atom stereocenters. The summed E-state index contributed by atoms with van der Waals surface area (Å²) >= 11 is 0. The molecule has 3 rings (SSSR count). The standard InChI is InChI=1S/C17H19N3O/c1-12-13(2)20-9-3-4-16(17(20)19-12)21-11-15-7-5-14(10-18)6-8-15/h3-9H,10-11,18H2,1-2H3. The minimum Gasteiger partial charge on any atom is -0.485 e. The zero-order chi connectivity index (χ0) is 14.8. The Bertz CT molecular complexity index is 760. The van der Waals surface area contributed by atoms with E-state index in [1.54, 1.807) is 0 Å². The van der Waals surface area contributed by atoms with Gasteiger partial charge in [-0.15, -0.1) is 0 Å². The minimum absolute atomic E-state index is 0.523. The van der Waals surface area contributed by atoms with Crippen molar-refractivity contribution in [3.63, 3.8) is 0 Å². The van der Waals surface area contributed by atoms with E-state index < -0.39 is 0 Å². The summed E-state index contributed by atoms with van der Waals surface area (Å²) in [6, 6.07) is 12.1. The van der Waals surface area contributed by atoms with Crippen molar-refractivity contribution in [2.75, 3.05) is 0 Å². The molecule has 3 aromatic rings. The summed E-state index contributed by atoms with van der Waals surface area (Å²) < 4.78 is 7.99. The molecule has 0 aliphatic rings. The van der Waals surface area contributed by atoms with Crippen molar-refractivity contribution < 1.29 is 4.74 Å². The molecule has 4 nitrogen and oxygen atoms in total. The van der Waals surface area contributed by atoms with Gasteiger partial charge in [-0.2, -0.15) is 0 Å². The first kappa shape index (κ1) is 13.6. The van der Waals surface area contributed by atoms with E-state index in [-0.39, 0.29) is 0 Å². The molecule has 0 aliphatic carbocycles. The Morgan fingerprint density at radius 3 is 2.52 bits per heavy atom. The second kappa shape index (κ2) is 5.58. The molecular formula is C17H19N3O. The van der Waals surface area contributed by atoms with Crippen LogP contribution in [-0.2, 0) is 13.2 Å². The first-order chi connectivity index (χ1) is 10.2. The Kier molecular flexibility index (Phi) is 3.62. The Morgan fingerprint density at radius 1 is 1.10 bits per heavy atom. The monoisotopic (exact) mass is 281 g/mol. The molecule has 2 aromatic heterocycles. The quantitative estimate of drug-likeness (QED) is 0.800. The maximum atomic E-state index is 5.93. The third-order valence-corrected chi connectivity index (χ3v) is 3.74. The van der Waals surface area contributed by atoms with Crippen LogP contribution in [0.15, 0.2) is 42.6 Å². The fraction of sp³-hybridized carbons (Fsp3) is 0.235. The van der Waals surface area contributed by atoms with Crippen molar-refractivity contribution in [3.8, 4) is 5.75 Å². The van der Waals surface area contributed by atoms with E-state index >= 15 is 0 Å². The molecule has 0 amide bonds. The van der Waals surface area contributed by atoms with E-state index in [1.165, 1.54) is 0 Å². The molecule has 1 aromatic carbocycles. The summed E-state index contributed by atoms with van der Waals surface area (Å²) in [5, 5.41) is 0. The van der Waals surface area contributed by atoms with Crippen LogP contribution in [0.4, 0.5) is 0 Å². The van der Waals surface area contributed by atoms with Gasteiger partial charge in [0.2, 0.25) is 0 Å². The molecule has 0 spiro atoms. The molecule has 0 saturated carbocycles. The summed E-state index contributed by atoms with van der Waals surface area (Å²) in [5.74, 6) is 0.802. The van der Waals surface area contributed by atoms with Gasteiger partial charge in [0, 0.05) is 18.4 Å². The number of fused-ring (bicyclic) bond motifs is 1. The van der Waals surface area contributed by atoms with Gasteiger partial charge in [0.15, 0.2) is 11.4 Å². The van der Waals surface area contributed by atoms with Gasteiger partial charge in [0.25, 0.3) is 0 Å². The number of imidazole rings is 1. The van der Waals surface area contributed by atoms with Gasteiger partial charge in [-0.3, -0.25) is 0 Å². The Hall–Kier alpha value is -2.33. The van der Waals surface area contributed by atoms with E-state index in [0.717, 1.165) is 33.9 Å². The van der Waals surface area contributed by atoms with Crippen molar-refractivity contribution in [3.05, 3.63) is 65.1 Å². The summed E-state index contributed by atoms with van der Waals surface area (Å²) in [5.41, 5.74) is 10.9. The summed E-state index contributed by atoms with van der Waals surface area (Å²) in [4.78, 5) is 4.57. The third kappa shape index (κ3) is 2.62. The van der Waals surface area contributed by atoms with Crippen LogP contribution in [0.2, 0.25) is 0 Å². The van der Waals surface area contributed by atoms with E-state index in [0.29, 0.717) is 13.2 Å². The molecule has 4 heteroatoms. The molecule has 2 heterocycles. The van der Waals surface area contributed by atoms with Crippen molar-refractivity contribution >= 4 is 5.65 Å². The fourth-order valence-corrected chi connectivity index (χ4v) is 2.32. The molecule has 0 radical (unpaired) electrons. The van der Waals surface area contributed by atoms with Crippen LogP contribution < -0.4 is 10.5 Å². The smallest absolute Gasteiger partial charge is 0.180 e. The molecule has 0 aliphatic heterocycles. The molecule has 0 saturated heterocycles. The first-order valence-corrected chi connectivity index (χ1v) is 7.04. The Balaban J connectivity index is 1.83. The molecule has 0 atom stereocenters. The predicted molar refractivity (Wildman–Crippen MR) is 83.3 cm³/mol. The second-order valence-electron chi connectivity index (χ2n) is 5.16. The molecule has 108 valence electrons. The van der Waals surface area contributed by atoms with Crippen LogP contribution in [0.5, 0.6) is 5.75 Å². The van der Waals surface area contributed by atoms with E-state index in [4.69, 9.17) is 10.5 Å². The lowest BCUT2D eigenvalue weighted by molar-refractivity contribution is 0.308. The van der Waals surface area contributed by atoms with Crippen LogP contribution in [0, 0.1) is 13.8 Å². The van der Waals surface area contributed by atoms with Crippen molar-refractivity contribution in [2.45, 2.75) is 27.0 Å². The minimum atomic E-state index is 0.523. The molecule has 2 N–H and O–H groups in total. The lowest BCUT2D eigenvalue weighted by Gasteiger charge is -2.08. The number of pyridine rings is 1. The van der Waals surface area contributed by atoms with E-state index in [1.807, 2.05) is 49.5 Å². The average molecular weight is 281 g/mol. The summed E-state index contributed by atoms with van der Waals surface area (Å²) in [6.07, 6.45) is 2.01. The average Bonchev–Trinajstić information content (AvgIpc) is 2.81. The van der Waals surface area contributed by atoms with Crippen LogP contribution in [-0.4, -0.2) is 9.38 Å². The van der Waals surface area contributed by atoms with Crippen LogP contribution >= 0.6 is 0 Å². The lowest BCUT2D eigenvalue weighted by Crippen LogP contribution is -2.00. The van der Waals surface area contributed by atoms with Gasteiger partial charge < -0.3 is 14.9 Å². The zero-order valence-electron chi connectivity index (χ0n) is 12.3. The van der Waals surface area contributed by atoms with Crippen LogP contribution in [0.3, 0.4) is 0 Å². The molecule has 21 heavy (non-hydrogen) atoms. The predicted octanol–water partition coefficient (Wildman–Crippen LogP) is 2.99. The number of rotatable bonds is 4. The Labute approximate surface area is 124 Å². The highest BCUT2D eigenvalue weighted by Gasteiger charge is 2.09. The third-order valence-electron chi connectivity index (χ3n) is 3.74. The van der Waals surface area contributed by atoms with Gasteiger partial charge in [-0.1, -0.05) is 24.3 Å². The highest BCUT2D eigenvalue weighted by atomic mass is 16.5. The molecule has 0 fully saturated rings. The topological polar surface area (TPSA) is 52.5 Å². The van der Waals surface area contributed by atoms with E-state index in [9.17, 15) is 0 Å². The largest absolute Gasteiger partial charge is 0.485 e. The number of hydrogen-bond donors (Lipinski definition) is 1. The van der Waals surface area contributed by atoms with Crippen molar-refractivity contribution in [1.29, 1.82) is 0 Å². The van der Waals surface area contributed by atoms with Crippen molar-refractivity contribution in [2.24, 2.45) is 5.73 Å². The number of benzene rings is 1. The zero-order valence-corrected chi connectivity index (χ0v) is 12.3. The highest BCUT2D eigenvalue weighted by Crippen LogP contribution is 2.22. The van der Waals surface area contributed by atoms with Crippen molar-refractivity contribution in [1.82, 2.24) is 9.38 Å². The SMILES string of the molecule is Cc1nc2c(OCc3ccc(CN)cc3)cccn2c1C. The number of nitrogens with zero attached hydrogens (tertiary/aromatic N) is 2. The molecule has 0 bridgehead atoms. The van der Waals surface area contributed by atoms with Gasteiger partial charge in [0.05, 0.1) is 5.69 Å². The molecular weight excluding hydrogens is 262 g/mol. The highest BCUT2D eigenvalue weighted by molar-refractivity contribution is 5.55. The number of nitrogens with two attached hydrogens (primary N) is 1. The number of aromatic nitrogens is 2. The van der Waals surface area contributed by atoms with Gasteiger partial charge >= 0.3 is 0 Å². The number of hydrogen-bond acceptors (Lipinski definition) is 3. The summed E-state index contributed by atoms with van der Waals surface area (Å²) in [7, 11) is 0. The number of ether oxygens (including phenoxy) is 1. The second-order valence-corrected chi connectivity index (χ2v) is 5.16. The normalized spacial score (nSPS) is 11.0. The first-order valence-electron chi connectivity index (χ1n) is 7.04. The fourth-order valence-electron chi connectivity index (χ4n) is 2.32. The van der Waals surface area contributed by atoms with Gasteiger partial charge in [0.1, 0.15) is 6.61 Å².